The second-order valence-corrected chi connectivity index (χ2v) is 54.8. The van der Waals surface area contributed by atoms with Crippen LogP contribution in [0, 0.1) is 190 Å². The van der Waals surface area contributed by atoms with E-state index in [9.17, 15) is 25.5 Å². The van der Waals surface area contributed by atoms with Gasteiger partial charge in [-0.3, -0.25) is 20.0 Å². The normalized spacial score (nSPS) is 50.2. The zero-order valence-electron chi connectivity index (χ0n) is 89.0. The van der Waals surface area contributed by atoms with Crippen molar-refractivity contribution in [1.82, 2.24) is 0 Å². The third-order valence-corrected chi connectivity index (χ3v) is 46.9. The highest BCUT2D eigenvalue weighted by atomic mass is 16.6. The maximum Gasteiger partial charge on any atom is 0.122 e. The van der Waals surface area contributed by atoms with Crippen LogP contribution in [0.5, 0.6) is 0 Å². The Morgan fingerprint density at radius 3 is 0.916 bits per heavy atom. The van der Waals surface area contributed by atoms with Gasteiger partial charge in [-0.25, -0.2) is 0 Å². The topological polar surface area (TPSA) is 172 Å². The monoisotopic (exact) mass is 1810 g/mol. The van der Waals surface area contributed by atoms with E-state index < -0.39 is 0 Å². The lowest BCUT2D eigenvalue weighted by Gasteiger charge is -2.61. The van der Waals surface area contributed by atoms with Gasteiger partial charge in [0.25, 0.3) is 0 Å². The first-order valence-corrected chi connectivity index (χ1v) is 57.0. The number of aliphatic hydroxyl groups excluding tert-OH is 5. The number of hydrogen-bond acceptors (Lipinski definition) is 11. The summed E-state index contributed by atoms with van der Waals surface area (Å²) >= 11 is 0. The molecule has 0 heterocycles. The summed E-state index contributed by atoms with van der Waals surface area (Å²) in [5, 5.41) is 55.4. The second-order valence-electron chi connectivity index (χ2n) is 54.8. The lowest BCUT2D eigenvalue weighted by atomic mass is 9.44. The van der Waals surface area contributed by atoms with E-state index in [1.807, 2.05) is 0 Å². The van der Waals surface area contributed by atoms with Crippen molar-refractivity contribution in [2.45, 2.75) is 510 Å². The Bertz CT molecular complexity index is 4070. The quantitative estimate of drug-likeness (QED) is 0.0783. The van der Waals surface area contributed by atoms with Gasteiger partial charge in [0.05, 0.1) is 36.2 Å². The number of aliphatic imine (C=N–C) groups is 4. The first-order chi connectivity index (χ1) is 61.8. The molecule has 18 saturated carbocycles. The van der Waals surface area contributed by atoms with E-state index in [2.05, 4.69) is 190 Å². The van der Waals surface area contributed by atoms with Crippen LogP contribution in [0.2, 0.25) is 0 Å². The smallest absolute Gasteiger partial charge is 0.122 e. The van der Waals surface area contributed by atoms with Gasteiger partial charge in [-0.05, 0) is 541 Å². The molecule has 0 unspecified atom stereocenters. The van der Waals surface area contributed by atoms with Crippen molar-refractivity contribution < 1.29 is 30.4 Å². The van der Waals surface area contributed by atoms with Crippen LogP contribution in [0.25, 0.3) is 0 Å². The van der Waals surface area contributed by atoms with Crippen molar-refractivity contribution in [1.29, 1.82) is 0 Å². The van der Waals surface area contributed by atoms with Crippen molar-refractivity contribution in [3.63, 3.8) is 0 Å². The molecule has 131 heavy (non-hydrogen) atoms. The van der Waals surface area contributed by atoms with Gasteiger partial charge in [0.15, 0.2) is 0 Å². The van der Waals surface area contributed by atoms with Crippen LogP contribution in [0.15, 0.2) is 48.4 Å². The van der Waals surface area contributed by atoms with E-state index in [1.54, 1.807) is 11.1 Å². The highest BCUT2D eigenvalue weighted by molar-refractivity contribution is 5.88. The second kappa shape index (κ2) is 39.0. The maximum atomic E-state index is 10.2. The fourth-order valence-corrected chi connectivity index (χ4v) is 40.7. The molecule has 742 valence electrons. The fraction of sp³-hybridized carbons (Fsp3) is 0.925. The predicted octanol–water partition coefficient (Wildman–Crippen LogP) is 29.1. The molecule has 0 spiro atoms. The van der Waals surface area contributed by atoms with Gasteiger partial charge >= 0.3 is 0 Å². The van der Waals surface area contributed by atoms with Crippen LogP contribution in [-0.4, -0.2) is 115 Å². The number of hydrogen-bond donors (Lipinski definition) is 5. The zero-order chi connectivity index (χ0) is 94.2. The SMILES string of the molecule is C/C(=N\OC(C)C)[C@H]1CC[C@H]2[C@@H]3CC[C@H]4C[C@H](O)CC[C@]4(C)[C@H]3CC[C@]12C.CC(=NC(C)C)[C@H]1CC[C@H]2[C@@H]3CC=C4C[C@H](O)CC[C@]4(C)[C@H]3CC[C@]12C.CC(=NC(C)C)[C@H]1CC[C@H]2[C@@H]3CCC4=C[C@H](O)CC[C@]4(C)[C@H]3CC[C@]12C.CC(=NC(C)C)[C@H]1CC[C@H]2[C@@H]3CC[C@@H]4C[C@H](O)CC[C@]4(C)[C@H]3CC[C@]12C.CC(=NC(C)C)[C@H]1CC[C@H]2[C@@H]3CC[C@H]4C[C@@H](O)CC[C@]4(C)[C@H]3CC[C@]12C. The summed E-state index contributed by atoms with van der Waals surface area (Å²) in [6.45, 7) is 59.1. The molecule has 5 N–H and O–H groups in total. The molecule has 38 atom stereocenters. The predicted molar refractivity (Wildman–Crippen MR) is 548 cm³/mol. The van der Waals surface area contributed by atoms with Crippen molar-refractivity contribution in [2.75, 3.05) is 0 Å². The van der Waals surface area contributed by atoms with E-state index in [4.69, 9.17) is 24.8 Å². The minimum absolute atomic E-state index is 0.0239. The highest BCUT2D eigenvalue weighted by Crippen LogP contribution is 2.74. The average Bonchev–Trinajstić information content (AvgIpc) is 1.68. The number of fused-ring (bicyclic) bond motifs is 25. The minimum Gasteiger partial charge on any atom is -0.393 e. The van der Waals surface area contributed by atoms with Crippen LogP contribution in [0.4, 0.5) is 0 Å². The molecule has 0 aromatic carbocycles. The van der Waals surface area contributed by atoms with Gasteiger partial charge in [-0.15, -0.1) is 0 Å². The molecule has 11 nitrogen and oxygen atoms in total. The van der Waals surface area contributed by atoms with Crippen LogP contribution in [0.3, 0.4) is 0 Å². The molecule has 0 aliphatic heterocycles. The van der Waals surface area contributed by atoms with E-state index in [0.29, 0.717) is 96.1 Å². The van der Waals surface area contributed by atoms with Gasteiger partial charge in [0.1, 0.15) is 6.10 Å². The van der Waals surface area contributed by atoms with E-state index in [-0.39, 0.29) is 36.6 Å². The minimum atomic E-state index is -0.186. The summed E-state index contributed by atoms with van der Waals surface area (Å²) in [4.78, 5) is 25.5. The number of nitrogens with zero attached hydrogens (tertiary/aromatic N) is 5. The third-order valence-electron chi connectivity index (χ3n) is 46.9. The number of allylic oxidation sites excluding steroid dienone is 2. The summed E-state index contributed by atoms with van der Waals surface area (Å²) < 4.78 is 0. The van der Waals surface area contributed by atoms with Crippen LogP contribution in [0.1, 0.15) is 449 Å². The van der Waals surface area contributed by atoms with E-state index >= 15 is 0 Å². The Kier molecular flexibility index (Phi) is 30.2. The molecular weight excluding hydrogens is 1610 g/mol. The molecular formula is C120H201N5O6. The molecule has 20 aliphatic carbocycles. The Morgan fingerprint density at radius 2 is 0.573 bits per heavy atom. The Hall–Kier alpha value is -2.57. The van der Waals surface area contributed by atoms with Crippen molar-refractivity contribution in [3.05, 3.63) is 23.3 Å². The molecule has 20 aliphatic rings. The summed E-state index contributed by atoms with van der Waals surface area (Å²) in [6, 6.07) is 1.69. The molecule has 0 bridgehead atoms. The Labute approximate surface area is 802 Å². The lowest BCUT2D eigenvalue weighted by molar-refractivity contribution is -0.123. The van der Waals surface area contributed by atoms with Crippen LogP contribution < -0.4 is 0 Å². The molecule has 11 heteroatoms. The Morgan fingerprint density at radius 1 is 0.290 bits per heavy atom. The summed E-state index contributed by atoms with van der Waals surface area (Å²) in [7, 11) is 0. The highest BCUT2D eigenvalue weighted by Gasteiger charge is 2.67. The molecule has 18 fully saturated rings. The van der Waals surface area contributed by atoms with Gasteiger partial charge in [-0.2, -0.15) is 0 Å². The average molecular weight is 1810 g/mol. The summed E-state index contributed by atoms with van der Waals surface area (Å²) in [5.41, 5.74) is 14.6. The molecule has 0 radical (unpaired) electrons. The number of rotatable bonds is 11. The van der Waals surface area contributed by atoms with Gasteiger partial charge in [-0.1, -0.05) is 97.7 Å². The lowest BCUT2D eigenvalue weighted by Crippen LogP contribution is -2.54. The molecule has 0 amide bonds. The zero-order valence-corrected chi connectivity index (χ0v) is 89.0. The first kappa shape index (κ1) is 101. The maximum absolute atomic E-state index is 10.2. The van der Waals surface area contributed by atoms with Gasteiger partial charge in [0.2, 0.25) is 0 Å². The summed E-state index contributed by atoms with van der Waals surface area (Å²) in [5.74, 6) is 19.1. The summed E-state index contributed by atoms with van der Waals surface area (Å²) in [6.07, 6.45) is 59.8. The van der Waals surface area contributed by atoms with Gasteiger partial charge < -0.3 is 30.4 Å². The van der Waals surface area contributed by atoms with Crippen LogP contribution in [-0.2, 0) is 4.84 Å². The third kappa shape index (κ3) is 18.6. The molecule has 20 rings (SSSR count). The largest absolute Gasteiger partial charge is 0.393 e. The number of oxime groups is 1. The van der Waals surface area contributed by atoms with E-state index in [0.717, 1.165) is 176 Å². The standard InChI is InChI=1S/C24H41NO2.2C24H41NO.2C24H39NO/c1-15(2)27-25-16(3)20-8-9-21-19-7-6-17-14-18(26)10-12-23(17,4)22(19)11-13-24(20,21)5;4*1-15(2)25-16(3)20-8-9-21-19-7-6-17-14-18(26)10-12-23(17,4)22(19)11-13-24(20,21)5/h15,17-22,26H,6-14H2,1-5H3;2*15,17-22,26H,6-14H2,1-5H3;14-15,18-22,26H,6-13H2,1-5H3;6,15,18-22,26H,7-14H2,1-5H3/b25-16+;;;;/t17-,18+,19-,20+,21-,22-,23-,24+;17-,18-,19+,20-,21+,22+,23+,24-;17-,18-,19-,20+,21-,22-,23-,24+;2*18-,19+,20-,21+,22+,23+,24-/m01011/s1. The van der Waals surface area contributed by atoms with Crippen molar-refractivity contribution >= 4 is 28.6 Å². The van der Waals surface area contributed by atoms with Crippen molar-refractivity contribution in [3.8, 4) is 0 Å². The number of aliphatic hydroxyl groups is 5. The van der Waals surface area contributed by atoms with E-state index in [1.165, 1.54) is 247 Å². The Balaban J connectivity index is 0.000000120. The fourth-order valence-electron chi connectivity index (χ4n) is 40.7. The molecule has 0 saturated heterocycles. The van der Waals surface area contributed by atoms with Gasteiger partial charge in [0, 0.05) is 76.6 Å². The van der Waals surface area contributed by atoms with Crippen molar-refractivity contribution in [2.24, 2.45) is 215 Å². The molecule has 0 aromatic heterocycles. The molecule has 0 aromatic rings. The first-order valence-electron chi connectivity index (χ1n) is 57.0. The van der Waals surface area contributed by atoms with Crippen LogP contribution >= 0.6 is 0 Å².